The number of nitrogens with zero attached hydrogens (tertiary/aromatic N) is 1. The fourth-order valence-electron chi connectivity index (χ4n) is 2.98. The fourth-order valence-corrected chi connectivity index (χ4v) is 2.98. The zero-order chi connectivity index (χ0) is 17.3. The van der Waals surface area contributed by atoms with Crippen LogP contribution in [0.3, 0.4) is 0 Å². The SMILES string of the molecule is CCOC(=O)CCCCC(C#N)(c1ccccc1)c1ccccc1. The number of nitriles is 1. The summed E-state index contributed by atoms with van der Waals surface area (Å²) in [5.74, 6) is -0.167. The van der Waals surface area contributed by atoms with Crippen molar-refractivity contribution in [1.82, 2.24) is 0 Å². The van der Waals surface area contributed by atoms with Crippen molar-refractivity contribution < 1.29 is 9.53 Å². The molecular formula is C21H23NO2. The Morgan fingerprint density at radius 3 is 2.00 bits per heavy atom. The maximum Gasteiger partial charge on any atom is 0.305 e. The Labute approximate surface area is 143 Å². The van der Waals surface area contributed by atoms with Crippen molar-refractivity contribution in [3.05, 3.63) is 71.8 Å². The molecule has 0 aliphatic rings. The van der Waals surface area contributed by atoms with Crippen LogP contribution in [0.2, 0.25) is 0 Å². The van der Waals surface area contributed by atoms with Gasteiger partial charge in [0.1, 0.15) is 5.41 Å². The van der Waals surface area contributed by atoms with E-state index in [4.69, 9.17) is 4.74 Å². The molecule has 0 amide bonds. The van der Waals surface area contributed by atoms with Crippen molar-refractivity contribution >= 4 is 5.97 Å². The molecule has 0 saturated heterocycles. The van der Waals surface area contributed by atoms with Gasteiger partial charge in [-0.3, -0.25) is 4.79 Å². The molecule has 0 unspecified atom stereocenters. The first-order valence-electron chi connectivity index (χ1n) is 8.41. The van der Waals surface area contributed by atoms with Crippen molar-refractivity contribution in [3.63, 3.8) is 0 Å². The molecule has 2 aromatic rings. The molecule has 3 heteroatoms. The van der Waals surface area contributed by atoms with Gasteiger partial charge in [-0.15, -0.1) is 0 Å². The second kappa shape index (κ2) is 8.88. The lowest BCUT2D eigenvalue weighted by Crippen LogP contribution is -2.26. The highest BCUT2D eigenvalue weighted by molar-refractivity contribution is 5.69. The Hall–Kier alpha value is -2.60. The molecule has 0 aliphatic heterocycles. The van der Waals surface area contributed by atoms with Crippen LogP contribution in [0, 0.1) is 11.3 Å². The third kappa shape index (κ3) is 4.23. The molecule has 124 valence electrons. The van der Waals surface area contributed by atoms with Crippen LogP contribution in [0.5, 0.6) is 0 Å². The molecule has 24 heavy (non-hydrogen) atoms. The van der Waals surface area contributed by atoms with E-state index in [-0.39, 0.29) is 5.97 Å². The van der Waals surface area contributed by atoms with Crippen LogP contribution in [-0.4, -0.2) is 12.6 Å². The van der Waals surface area contributed by atoms with E-state index in [0.29, 0.717) is 19.4 Å². The molecule has 3 nitrogen and oxygen atoms in total. The minimum atomic E-state index is -0.683. The minimum absolute atomic E-state index is 0.167. The number of carbonyl (C=O) groups is 1. The largest absolute Gasteiger partial charge is 0.466 e. The number of carbonyl (C=O) groups excluding carboxylic acids is 1. The smallest absolute Gasteiger partial charge is 0.305 e. The molecule has 0 atom stereocenters. The Morgan fingerprint density at radius 2 is 1.54 bits per heavy atom. The Kier molecular flexibility index (Phi) is 6.57. The Bertz CT molecular complexity index is 634. The van der Waals surface area contributed by atoms with Gasteiger partial charge in [0.05, 0.1) is 12.7 Å². The molecule has 0 fully saturated rings. The summed E-state index contributed by atoms with van der Waals surface area (Å²) in [6.07, 6.45) is 2.59. The lowest BCUT2D eigenvalue weighted by molar-refractivity contribution is -0.143. The molecule has 0 aromatic heterocycles. The molecule has 0 N–H and O–H groups in total. The van der Waals surface area contributed by atoms with Crippen LogP contribution < -0.4 is 0 Å². The Morgan fingerprint density at radius 1 is 1.00 bits per heavy atom. The first kappa shape index (κ1) is 17.7. The highest BCUT2D eigenvalue weighted by Crippen LogP contribution is 2.36. The first-order chi connectivity index (χ1) is 11.7. The van der Waals surface area contributed by atoms with Gasteiger partial charge >= 0.3 is 5.97 Å². The maximum atomic E-state index is 11.5. The van der Waals surface area contributed by atoms with E-state index in [1.54, 1.807) is 0 Å². The summed E-state index contributed by atoms with van der Waals surface area (Å²) in [6, 6.07) is 22.3. The van der Waals surface area contributed by atoms with Crippen molar-refractivity contribution in [1.29, 1.82) is 5.26 Å². The highest BCUT2D eigenvalue weighted by Gasteiger charge is 2.33. The van der Waals surface area contributed by atoms with Crippen LogP contribution in [-0.2, 0) is 14.9 Å². The predicted molar refractivity (Wildman–Crippen MR) is 94.4 cm³/mol. The molecule has 2 aromatic carbocycles. The summed E-state index contributed by atoms with van der Waals surface area (Å²) >= 11 is 0. The molecule has 0 radical (unpaired) electrons. The third-order valence-electron chi connectivity index (χ3n) is 4.21. The van der Waals surface area contributed by atoms with E-state index in [9.17, 15) is 10.1 Å². The van der Waals surface area contributed by atoms with Gasteiger partial charge < -0.3 is 4.74 Å². The standard InChI is InChI=1S/C21H23NO2/c1-2-24-20(23)15-9-10-16-21(17-22,18-11-5-3-6-12-18)19-13-7-4-8-14-19/h3-8,11-14H,2,9-10,15-16H2,1H3. The average Bonchev–Trinajstić information content (AvgIpc) is 2.64. The van der Waals surface area contributed by atoms with Crippen molar-refractivity contribution in [3.8, 4) is 6.07 Å². The van der Waals surface area contributed by atoms with Crippen LogP contribution in [0.4, 0.5) is 0 Å². The number of benzene rings is 2. The number of unbranched alkanes of at least 4 members (excludes halogenated alkanes) is 1. The van der Waals surface area contributed by atoms with Crippen LogP contribution in [0.15, 0.2) is 60.7 Å². The summed E-state index contributed by atoms with van der Waals surface area (Å²) in [4.78, 5) is 11.5. The molecular weight excluding hydrogens is 298 g/mol. The molecule has 0 aliphatic carbocycles. The van der Waals surface area contributed by atoms with Gasteiger partial charge in [-0.1, -0.05) is 67.1 Å². The molecule has 0 saturated carbocycles. The lowest BCUT2D eigenvalue weighted by Gasteiger charge is -2.28. The minimum Gasteiger partial charge on any atom is -0.466 e. The number of ether oxygens (including phenoxy) is 1. The topological polar surface area (TPSA) is 50.1 Å². The number of esters is 1. The third-order valence-corrected chi connectivity index (χ3v) is 4.21. The van der Waals surface area contributed by atoms with E-state index in [1.807, 2.05) is 67.6 Å². The van der Waals surface area contributed by atoms with Crippen LogP contribution >= 0.6 is 0 Å². The zero-order valence-electron chi connectivity index (χ0n) is 14.1. The Balaban J connectivity index is 2.18. The molecule has 0 heterocycles. The van der Waals surface area contributed by atoms with Gasteiger partial charge in [0.2, 0.25) is 0 Å². The highest BCUT2D eigenvalue weighted by atomic mass is 16.5. The van der Waals surface area contributed by atoms with Gasteiger partial charge in [-0.25, -0.2) is 0 Å². The van der Waals surface area contributed by atoms with E-state index < -0.39 is 5.41 Å². The van der Waals surface area contributed by atoms with E-state index in [1.165, 1.54) is 0 Å². The predicted octanol–water partition coefficient (Wildman–Crippen LogP) is 4.62. The van der Waals surface area contributed by atoms with Crippen molar-refractivity contribution in [2.24, 2.45) is 0 Å². The van der Waals surface area contributed by atoms with E-state index in [2.05, 4.69) is 6.07 Å². The summed E-state index contributed by atoms with van der Waals surface area (Å²) in [5.41, 5.74) is 1.31. The van der Waals surface area contributed by atoms with Crippen LogP contribution in [0.25, 0.3) is 0 Å². The molecule has 2 rings (SSSR count). The monoisotopic (exact) mass is 321 g/mol. The maximum absolute atomic E-state index is 11.5. The van der Waals surface area contributed by atoms with E-state index >= 15 is 0 Å². The zero-order valence-corrected chi connectivity index (χ0v) is 14.1. The van der Waals surface area contributed by atoms with Gasteiger partial charge in [0, 0.05) is 6.42 Å². The lowest BCUT2D eigenvalue weighted by atomic mass is 9.72. The second-order valence-corrected chi connectivity index (χ2v) is 5.76. The van der Waals surface area contributed by atoms with Gasteiger partial charge in [-0.2, -0.15) is 5.26 Å². The van der Waals surface area contributed by atoms with Gasteiger partial charge in [0.25, 0.3) is 0 Å². The van der Waals surface area contributed by atoms with Crippen LogP contribution in [0.1, 0.15) is 43.7 Å². The normalized spacial score (nSPS) is 10.8. The van der Waals surface area contributed by atoms with E-state index in [0.717, 1.165) is 24.0 Å². The van der Waals surface area contributed by atoms with Gasteiger partial charge in [-0.05, 0) is 30.9 Å². The summed E-state index contributed by atoms with van der Waals surface area (Å²) in [6.45, 7) is 2.22. The number of hydrogen-bond acceptors (Lipinski definition) is 3. The van der Waals surface area contributed by atoms with Crippen molar-refractivity contribution in [2.75, 3.05) is 6.61 Å². The summed E-state index contributed by atoms with van der Waals surface area (Å²) < 4.78 is 4.97. The molecule has 0 spiro atoms. The fraction of sp³-hybridized carbons (Fsp3) is 0.333. The summed E-state index contributed by atoms with van der Waals surface area (Å²) in [5, 5.41) is 10.0. The number of rotatable bonds is 8. The molecule has 0 bridgehead atoms. The van der Waals surface area contributed by atoms with Gasteiger partial charge in [0.15, 0.2) is 0 Å². The quantitative estimate of drug-likeness (QED) is 0.526. The average molecular weight is 321 g/mol. The van der Waals surface area contributed by atoms with Crippen molar-refractivity contribution in [2.45, 2.75) is 38.0 Å². The second-order valence-electron chi connectivity index (χ2n) is 5.76. The number of hydrogen-bond donors (Lipinski definition) is 0. The summed E-state index contributed by atoms with van der Waals surface area (Å²) in [7, 11) is 0. The first-order valence-corrected chi connectivity index (χ1v) is 8.41.